The summed E-state index contributed by atoms with van der Waals surface area (Å²) in [7, 11) is 1.53. The summed E-state index contributed by atoms with van der Waals surface area (Å²) in [4.78, 5) is 26.3. The molecule has 1 fully saturated rings. The van der Waals surface area contributed by atoms with Crippen molar-refractivity contribution in [1.29, 1.82) is 5.26 Å². The molecule has 0 atom stereocenters. The molecule has 0 spiro atoms. The maximum Gasteiger partial charge on any atom is 0.410 e. The second-order valence-electron chi connectivity index (χ2n) is 8.78. The molecule has 2 amide bonds. The smallest absolute Gasteiger partial charge is 0.410 e. The Morgan fingerprint density at radius 1 is 1.35 bits per heavy atom. The summed E-state index contributed by atoms with van der Waals surface area (Å²) >= 11 is 0. The summed E-state index contributed by atoms with van der Waals surface area (Å²) in [6.45, 7) is 4.45. The van der Waals surface area contributed by atoms with Crippen LogP contribution in [-0.4, -0.2) is 59.1 Å². The second-order valence-corrected chi connectivity index (χ2v) is 8.78. The zero-order valence-corrected chi connectivity index (χ0v) is 19.4. The fourth-order valence-electron chi connectivity index (χ4n) is 3.87. The van der Waals surface area contributed by atoms with Crippen molar-refractivity contribution in [2.45, 2.75) is 44.2 Å². The SMILES string of the molecule is COCC(C)(C)OC(=O)N1CCC(CC#N)(n2cc(C(N)=O)c(Nc3c#cc(F)cc3)n2)CC1. The number of amides is 2. The molecule has 0 aliphatic carbocycles. The number of hydrogen-bond acceptors (Lipinski definition) is 7. The van der Waals surface area contributed by atoms with Crippen molar-refractivity contribution in [2.75, 3.05) is 32.1 Å². The Morgan fingerprint density at radius 2 is 2.06 bits per heavy atom. The Hall–Kier alpha value is -3.83. The highest BCUT2D eigenvalue weighted by Crippen LogP contribution is 2.35. The molecule has 10 nitrogen and oxygen atoms in total. The minimum atomic E-state index is -0.777. The number of nitriles is 1. The van der Waals surface area contributed by atoms with Gasteiger partial charge in [-0.2, -0.15) is 14.8 Å². The number of nitrogens with one attached hydrogen (secondary N) is 1. The van der Waals surface area contributed by atoms with Gasteiger partial charge in [0.1, 0.15) is 11.2 Å². The molecule has 1 aromatic carbocycles. The van der Waals surface area contributed by atoms with Crippen LogP contribution in [0.25, 0.3) is 0 Å². The van der Waals surface area contributed by atoms with Gasteiger partial charge in [-0.3, -0.25) is 9.48 Å². The molecule has 1 saturated heterocycles. The topological polar surface area (TPSA) is 136 Å². The zero-order valence-electron chi connectivity index (χ0n) is 19.4. The van der Waals surface area contributed by atoms with E-state index in [2.05, 4.69) is 28.6 Å². The summed E-state index contributed by atoms with van der Waals surface area (Å²) in [5.74, 6) is -1.13. The first-order chi connectivity index (χ1) is 16.1. The molecule has 1 aliphatic heterocycles. The number of ether oxygens (including phenoxy) is 2. The van der Waals surface area contributed by atoms with Crippen molar-refractivity contribution < 1.29 is 23.5 Å². The van der Waals surface area contributed by atoms with Crippen LogP contribution in [0, 0.1) is 29.3 Å². The van der Waals surface area contributed by atoms with Gasteiger partial charge in [-0.1, -0.05) is 0 Å². The highest BCUT2D eigenvalue weighted by molar-refractivity contribution is 5.98. The molecule has 0 bridgehead atoms. The molecule has 180 valence electrons. The lowest BCUT2D eigenvalue weighted by Gasteiger charge is -2.41. The number of piperidine rings is 1. The van der Waals surface area contributed by atoms with E-state index < -0.39 is 29.0 Å². The van der Waals surface area contributed by atoms with E-state index in [1.165, 1.54) is 25.4 Å². The number of carbonyl (C=O) groups excluding carboxylic acids is 2. The van der Waals surface area contributed by atoms with Crippen LogP contribution in [0.1, 0.15) is 43.5 Å². The van der Waals surface area contributed by atoms with E-state index >= 15 is 0 Å². The van der Waals surface area contributed by atoms with E-state index in [1.807, 2.05) is 0 Å². The third-order valence-corrected chi connectivity index (χ3v) is 5.65. The van der Waals surface area contributed by atoms with E-state index in [1.54, 1.807) is 23.4 Å². The fraction of sp³-hybridized carbons (Fsp3) is 0.478. The van der Waals surface area contributed by atoms with Crippen LogP contribution < -0.4 is 11.1 Å². The molecular formula is C23H27FN6O4. The van der Waals surface area contributed by atoms with Gasteiger partial charge >= 0.3 is 6.09 Å². The third-order valence-electron chi connectivity index (χ3n) is 5.65. The summed E-state index contributed by atoms with van der Waals surface area (Å²) < 4.78 is 25.4. The largest absolute Gasteiger partial charge is 0.441 e. The van der Waals surface area contributed by atoms with E-state index in [0.29, 0.717) is 31.6 Å². The van der Waals surface area contributed by atoms with E-state index in [4.69, 9.17) is 15.2 Å². The molecule has 1 aliphatic rings. The normalized spacial score (nSPS) is 15.2. The first-order valence-corrected chi connectivity index (χ1v) is 10.7. The number of primary amides is 1. The predicted molar refractivity (Wildman–Crippen MR) is 120 cm³/mol. The van der Waals surface area contributed by atoms with Crippen LogP contribution in [-0.2, 0) is 15.0 Å². The number of likely N-dealkylation sites (tertiary alicyclic amines) is 1. The molecule has 3 N–H and O–H groups in total. The molecule has 0 saturated carbocycles. The van der Waals surface area contributed by atoms with Crippen molar-refractivity contribution in [3.05, 3.63) is 41.8 Å². The number of rotatable bonds is 8. The van der Waals surface area contributed by atoms with Crippen molar-refractivity contribution in [2.24, 2.45) is 5.73 Å². The van der Waals surface area contributed by atoms with E-state index in [0.717, 1.165) is 0 Å². The number of anilines is 2. The first-order valence-electron chi connectivity index (χ1n) is 10.7. The monoisotopic (exact) mass is 470 g/mol. The van der Waals surface area contributed by atoms with Crippen LogP contribution >= 0.6 is 0 Å². The van der Waals surface area contributed by atoms with Gasteiger partial charge in [-0.25, -0.2) is 4.79 Å². The lowest BCUT2D eigenvalue weighted by Crippen LogP contribution is -2.50. The maximum absolute atomic E-state index is 13.2. The van der Waals surface area contributed by atoms with Crippen molar-refractivity contribution in [3.63, 3.8) is 0 Å². The number of nitrogens with zero attached hydrogens (tertiary/aromatic N) is 4. The zero-order chi connectivity index (χ0) is 24.9. The number of nitrogens with two attached hydrogens (primary N) is 1. The molecule has 34 heavy (non-hydrogen) atoms. The van der Waals surface area contributed by atoms with Gasteiger partial charge in [-0.15, -0.1) is 0 Å². The molecule has 1 aromatic heterocycles. The Kier molecular flexibility index (Phi) is 7.28. The Bertz CT molecular complexity index is 1070. The molecule has 11 heteroatoms. The second kappa shape index (κ2) is 9.98. The molecule has 2 heterocycles. The van der Waals surface area contributed by atoms with Crippen LogP contribution in [0.15, 0.2) is 18.3 Å². The Morgan fingerprint density at radius 3 is 2.62 bits per heavy atom. The molecule has 0 unspecified atom stereocenters. The van der Waals surface area contributed by atoms with Gasteiger partial charge < -0.3 is 25.4 Å². The van der Waals surface area contributed by atoms with Gasteiger partial charge in [0.2, 0.25) is 0 Å². The minimum absolute atomic E-state index is 0.109. The summed E-state index contributed by atoms with van der Waals surface area (Å²) in [6.07, 6.45) is 1.97. The van der Waals surface area contributed by atoms with Gasteiger partial charge in [0, 0.05) is 26.4 Å². The minimum Gasteiger partial charge on any atom is -0.441 e. The fourth-order valence-corrected chi connectivity index (χ4v) is 3.87. The highest BCUT2D eigenvalue weighted by Gasteiger charge is 2.40. The lowest BCUT2D eigenvalue weighted by atomic mass is 9.85. The maximum atomic E-state index is 13.2. The number of aromatic nitrogens is 2. The first kappa shape index (κ1) is 24.8. The van der Waals surface area contributed by atoms with E-state index in [-0.39, 0.29) is 24.4 Å². The van der Waals surface area contributed by atoms with E-state index in [9.17, 15) is 19.2 Å². The number of carbonyl (C=O) groups is 2. The van der Waals surface area contributed by atoms with Crippen molar-refractivity contribution in [1.82, 2.24) is 14.7 Å². The van der Waals surface area contributed by atoms with Crippen LogP contribution in [0.5, 0.6) is 0 Å². The standard InChI is InChI=1S/C23H27FN6O4/c1-22(2,15-33-3)34-21(32)29-12-9-23(8-11-25,10-13-29)30-14-18(19(26)31)20(28-30)27-17-6-4-16(24)5-7-17/h4,6,14H,8-10,12-13,15H2,1-3H3,(H2,26,31)(H,27,28). The molecule has 2 aromatic rings. The summed E-state index contributed by atoms with van der Waals surface area (Å²) in [6, 6.07) is 9.70. The van der Waals surface area contributed by atoms with Crippen molar-refractivity contribution >= 4 is 23.5 Å². The molecular weight excluding hydrogens is 443 g/mol. The average molecular weight is 471 g/mol. The quantitative estimate of drug-likeness (QED) is 0.605. The summed E-state index contributed by atoms with van der Waals surface area (Å²) in [5, 5.41) is 16.9. The number of methoxy groups -OCH3 is 1. The Balaban J connectivity index is 1.81. The van der Waals surface area contributed by atoms with Crippen molar-refractivity contribution in [3.8, 4) is 6.07 Å². The average Bonchev–Trinajstić information content (AvgIpc) is 3.20. The summed E-state index contributed by atoms with van der Waals surface area (Å²) in [5.41, 5.74) is 4.47. The predicted octanol–water partition coefficient (Wildman–Crippen LogP) is 2.73. The lowest BCUT2D eigenvalue weighted by molar-refractivity contribution is -0.0384. The van der Waals surface area contributed by atoms with Crippen LogP contribution in [0.4, 0.5) is 20.7 Å². The molecule has 0 radical (unpaired) electrons. The number of hydrogen-bond donors (Lipinski definition) is 2. The van der Waals surface area contributed by atoms with Gasteiger partial charge in [-0.05, 0) is 51.0 Å². The van der Waals surface area contributed by atoms with Gasteiger partial charge in [0.25, 0.3) is 5.91 Å². The Labute approximate surface area is 197 Å². The van der Waals surface area contributed by atoms with Gasteiger partial charge in [0.15, 0.2) is 11.6 Å². The third kappa shape index (κ3) is 5.56. The van der Waals surface area contributed by atoms with Crippen LogP contribution in [0.3, 0.4) is 0 Å². The van der Waals surface area contributed by atoms with Gasteiger partial charge in [0.05, 0.1) is 30.3 Å². The van der Waals surface area contributed by atoms with Crippen LogP contribution in [0.2, 0.25) is 0 Å². The highest BCUT2D eigenvalue weighted by atomic mass is 19.1. The number of halogens is 1. The molecule has 3 rings (SSSR count).